The van der Waals surface area contributed by atoms with E-state index in [1.54, 1.807) is 6.26 Å². The average Bonchev–Trinajstić information content (AvgIpc) is 2.85. The number of benzene rings is 1. The molecular formula is C19H31NO2S. The second-order valence-electron chi connectivity index (χ2n) is 7.36. The van der Waals surface area contributed by atoms with Crippen LogP contribution in [0.3, 0.4) is 0 Å². The summed E-state index contributed by atoms with van der Waals surface area (Å²) in [4.78, 5) is 3.46. The largest absolute Gasteiger partial charge is 0.493 e. The Balaban J connectivity index is 1.81. The predicted molar refractivity (Wildman–Crippen MR) is 97.4 cm³/mol. The number of hydrogen-bond donors (Lipinski definition) is 0. The van der Waals surface area contributed by atoms with E-state index in [2.05, 4.69) is 32.6 Å². The number of hydrogen-bond acceptors (Lipinski definition) is 3. The second-order valence-corrected chi connectivity index (χ2v) is 8.74. The van der Waals surface area contributed by atoms with Crippen LogP contribution in [0, 0.1) is 17.8 Å². The molecule has 23 heavy (non-hydrogen) atoms. The Labute approximate surface area is 143 Å². The molecule has 0 bridgehead atoms. The lowest BCUT2D eigenvalue weighted by Gasteiger charge is -2.26. The summed E-state index contributed by atoms with van der Waals surface area (Å²) in [6.07, 6.45) is 2.91. The molecule has 1 fully saturated rings. The lowest BCUT2D eigenvalue weighted by molar-refractivity contribution is 0.194. The van der Waals surface area contributed by atoms with Gasteiger partial charge in [0.15, 0.2) is 0 Å². The molecule has 4 heteroatoms. The molecule has 0 radical (unpaired) electrons. The Bertz CT molecular complexity index is 515. The van der Waals surface area contributed by atoms with Crippen molar-refractivity contribution < 1.29 is 8.95 Å². The molecule has 4 unspecified atom stereocenters. The average molecular weight is 338 g/mol. The predicted octanol–water partition coefficient (Wildman–Crippen LogP) is 3.81. The molecule has 1 saturated heterocycles. The molecule has 0 spiro atoms. The number of rotatable bonds is 7. The molecule has 130 valence electrons. The molecule has 4 atom stereocenters. The van der Waals surface area contributed by atoms with Gasteiger partial charge in [-0.1, -0.05) is 20.8 Å². The first-order chi connectivity index (χ1) is 10.9. The van der Waals surface area contributed by atoms with Gasteiger partial charge in [0.25, 0.3) is 0 Å². The summed E-state index contributed by atoms with van der Waals surface area (Å²) in [6, 6.07) is 8.27. The molecule has 0 aromatic heterocycles. The molecule has 1 heterocycles. The maximum Gasteiger partial charge on any atom is 0.119 e. The van der Waals surface area contributed by atoms with Crippen LogP contribution in [0.2, 0.25) is 0 Å². The molecule has 1 aromatic carbocycles. The van der Waals surface area contributed by atoms with Gasteiger partial charge in [-0.15, -0.1) is 0 Å². The van der Waals surface area contributed by atoms with E-state index >= 15 is 0 Å². The molecule has 2 rings (SSSR count). The van der Waals surface area contributed by atoms with Crippen LogP contribution in [0.15, 0.2) is 29.2 Å². The highest BCUT2D eigenvalue weighted by Crippen LogP contribution is 2.26. The highest BCUT2D eigenvalue weighted by atomic mass is 32.2. The summed E-state index contributed by atoms with van der Waals surface area (Å²) in [6.45, 7) is 12.4. The van der Waals surface area contributed by atoms with Crippen LogP contribution in [-0.4, -0.2) is 41.1 Å². The highest BCUT2D eigenvalue weighted by Gasteiger charge is 2.30. The van der Waals surface area contributed by atoms with Gasteiger partial charge in [-0.05, 0) is 49.4 Å². The zero-order chi connectivity index (χ0) is 17.0. The smallest absolute Gasteiger partial charge is 0.119 e. The monoisotopic (exact) mass is 337 g/mol. The molecule has 0 aliphatic carbocycles. The number of likely N-dealkylation sites (tertiary alicyclic amines) is 1. The van der Waals surface area contributed by atoms with Crippen molar-refractivity contribution >= 4 is 10.8 Å². The van der Waals surface area contributed by atoms with E-state index in [0.717, 1.165) is 35.6 Å². The Morgan fingerprint density at radius 2 is 1.91 bits per heavy atom. The molecule has 1 aliphatic heterocycles. The van der Waals surface area contributed by atoms with Crippen molar-refractivity contribution in [3.8, 4) is 5.75 Å². The number of ether oxygens (including phenoxy) is 1. The standard InChI is InChI=1S/C19H31NO2S/c1-14(2)15(3)11-20-12-17(10-16(20)4)13-22-18-6-8-19(9-7-18)23(5)21/h6-9,14-17H,10-13H2,1-5H3. The highest BCUT2D eigenvalue weighted by molar-refractivity contribution is 7.84. The van der Waals surface area contributed by atoms with Crippen LogP contribution in [0.1, 0.15) is 34.1 Å². The lowest BCUT2D eigenvalue weighted by Crippen LogP contribution is -2.33. The van der Waals surface area contributed by atoms with Crippen LogP contribution in [-0.2, 0) is 10.8 Å². The summed E-state index contributed by atoms with van der Waals surface area (Å²) >= 11 is 0. The molecule has 1 aliphatic rings. The quantitative estimate of drug-likeness (QED) is 0.758. The summed E-state index contributed by atoms with van der Waals surface area (Å²) in [5.74, 6) is 2.95. The maximum absolute atomic E-state index is 11.4. The van der Waals surface area contributed by atoms with Crippen molar-refractivity contribution in [1.29, 1.82) is 0 Å². The van der Waals surface area contributed by atoms with Gasteiger partial charge in [-0.25, -0.2) is 0 Å². The summed E-state index contributed by atoms with van der Waals surface area (Å²) in [7, 11) is -0.925. The Kier molecular flexibility index (Phi) is 6.66. The second kappa shape index (κ2) is 8.29. The molecule has 1 aromatic rings. The van der Waals surface area contributed by atoms with E-state index in [9.17, 15) is 4.21 Å². The first-order valence-corrected chi connectivity index (χ1v) is 10.2. The third kappa shape index (κ3) is 5.32. The normalized spacial score (nSPS) is 24.8. The van der Waals surface area contributed by atoms with Gasteiger partial charge >= 0.3 is 0 Å². The van der Waals surface area contributed by atoms with Crippen molar-refractivity contribution in [1.82, 2.24) is 4.90 Å². The third-order valence-corrected chi connectivity index (χ3v) is 6.03. The minimum absolute atomic E-state index is 0.601. The van der Waals surface area contributed by atoms with E-state index in [-0.39, 0.29) is 0 Å². The molecule has 3 nitrogen and oxygen atoms in total. The third-order valence-electron chi connectivity index (χ3n) is 5.09. The lowest BCUT2D eigenvalue weighted by atomic mass is 9.97. The van der Waals surface area contributed by atoms with Gasteiger partial charge in [-0.2, -0.15) is 0 Å². The molecule has 0 saturated carbocycles. The zero-order valence-corrected chi connectivity index (χ0v) is 15.9. The Morgan fingerprint density at radius 3 is 2.48 bits per heavy atom. The maximum atomic E-state index is 11.4. The zero-order valence-electron chi connectivity index (χ0n) is 15.1. The van der Waals surface area contributed by atoms with Gasteiger partial charge in [0.2, 0.25) is 0 Å². The van der Waals surface area contributed by atoms with Gasteiger partial charge < -0.3 is 4.74 Å². The van der Waals surface area contributed by atoms with Crippen LogP contribution >= 0.6 is 0 Å². The Hall–Kier alpha value is -0.870. The minimum Gasteiger partial charge on any atom is -0.493 e. The van der Waals surface area contributed by atoms with E-state index < -0.39 is 10.8 Å². The van der Waals surface area contributed by atoms with Crippen LogP contribution < -0.4 is 4.74 Å². The van der Waals surface area contributed by atoms with Crippen molar-refractivity contribution in [2.24, 2.45) is 17.8 Å². The van der Waals surface area contributed by atoms with Gasteiger partial charge in [0.05, 0.1) is 6.61 Å². The van der Waals surface area contributed by atoms with Crippen molar-refractivity contribution in [2.75, 3.05) is 26.0 Å². The molecular weight excluding hydrogens is 306 g/mol. The fourth-order valence-electron chi connectivity index (χ4n) is 3.12. The van der Waals surface area contributed by atoms with Gasteiger partial charge in [-0.3, -0.25) is 9.11 Å². The topological polar surface area (TPSA) is 29.5 Å². The molecule has 0 amide bonds. The first-order valence-electron chi connectivity index (χ1n) is 8.67. The van der Waals surface area contributed by atoms with Crippen molar-refractivity contribution in [2.45, 2.75) is 45.1 Å². The van der Waals surface area contributed by atoms with Crippen molar-refractivity contribution in [3.05, 3.63) is 24.3 Å². The fourth-order valence-corrected chi connectivity index (χ4v) is 3.63. The van der Waals surface area contributed by atoms with Gasteiger partial charge in [0, 0.05) is 47.0 Å². The van der Waals surface area contributed by atoms with Crippen molar-refractivity contribution in [3.63, 3.8) is 0 Å². The first kappa shape index (κ1) is 18.5. The van der Waals surface area contributed by atoms with Crippen LogP contribution in [0.4, 0.5) is 0 Å². The molecule has 0 N–H and O–H groups in total. The van der Waals surface area contributed by atoms with Crippen LogP contribution in [0.25, 0.3) is 0 Å². The van der Waals surface area contributed by atoms with E-state index in [1.807, 2.05) is 24.3 Å². The summed E-state index contributed by atoms with van der Waals surface area (Å²) < 4.78 is 17.3. The number of nitrogens with zero attached hydrogens (tertiary/aromatic N) is 1. The summed E-state index contributed by atoms with van der Waals surface area (Å²) in [5.41, 5.74) is 0. The Morgan fingerprint density at radius 1 is 1.26 bits per heavy atom. The van der Waals surface area contributed by atoms with E-state index in [4.69, 9.17) is 4.74 Å². The summed E-state index contributed by atoms with van der Waals surface area (Å²) in [5, 5.41) is 0. The van der Waals surface area contributed by atoms with Gasteiger partial charge in [0.1, 0.15) is 5.75 Å². The van der Waals surface area contributed by atoms with E-state index in [1.165, 1.54) is 13.0 Å². The van der Waals surface area contributed by atoms with Crippen LogP contribution in [0.5, 0.6) is 5.75 Å². The fraction of sp³-hybridized carbons (Fsp3) is 0.684. The van der Waals surface area contributed by atoms with E-state index in [0.29, 0.717) is 12.0 Å². The SMILES string of the molecule is CC(C)C(C)CN1CC(COc2ccc(S(C)=O)cc2)CC1C. The minimum atomic E-state index is -0.925.